The molecule has 1 saturated heterocycles. The molecule has 0 saturated carbocycles. The fourth-order valence-corrected chi connectivity index (χ4v) is 6.42. The molecule has 0 aromatic heterocycles. The molecule has 2 rings (SSSR count). The number of aryl methyl sites for hydroxylation is 2. The van der Waals surface area contributed by atoms with Crippen LogP contribution >= 0.6 is 0 Å². The number of rotatable bonds is 9. The molecule has 1 aliphatic heterocycles. The summed E-state index contributed by atoms with van der Waals surface area (Å²) in [6.45, 7) is 16.0. The molecule has 1 fully saturated rings. The number of hydrogen-bond donors (Lipinski definition) is 1. The summed E-state index contributed by atoms with van der Waals surface area (Å²) in [7, 11) is -1.64. The van der Waals surface area contributed by atoms with Gasteiger partial charge in [-0.3, -0.25) is 9.59 Å². The molecule has 30 heavy (non-hydrogen) atoms. The molecule has 1 aliphatic rings. The van der Waals surface area contributed by atoms with Gasteiger partial charge in [-0.25, -0.2) is 0 Å². The summed E-state index contributed by atoms with van der Waals surface area (Å²) in [5, 5.41) is 3.04. The summed E-state index contributed by atoms with van der Waals surface area (Å²) < 4.78 is 5.92. The number of nitrogens with zero attached hydrogens (tertiary/aromatic N) is 1. The van der Waals surface area contributed by atoms with Crippen LogP contribution in [0.25, 0.3) is 0 Å². The van der Waals surface area contributed by atoms with Gasteiger partial charge < -0.3 is 14.6 Å². The molecule has 1 N–H and O–H groups in total. The third-order valence-electron chi connectivity index (χ3n) is 6.00. The highest BCUT2D eigenvalue weighted by Crippen LogP contribution is 2.32. The first-order chi connectivity index (χ1) is 13.9. The Morgan fingerprint density at radius 2 is 1.83 bits per heavy atom. The van der Waals surface area contributed by atoms with Gasteiger partial charge in [-0.05, 0) is 82.4 Å². The van der Waals surface area contributed by atoms with Crippen molar-refractivity contribution in [3.05, 3.63) is 29.3 Å². The molecule has 5 nitrogen and oxygen atoms in total. The summed E-state index contributed by atoms with van der Waals surface area (Å²) in [6.07, 6.45) is 3.39. The Labute approximate surface area is 183 Å². The quantitative estimate of drug-likeness (QED) is 0.540. The van der Waals surface area contributed by atoms with Gasteiger partial charge in [0.05, 0.1) is 0 Å². The normalized spacial score (nSPS) is 17.3. The third kappa shape index (κ3) is 6.67. The molecule has 0 bridgehead atoms. The molecule has 1 heterocycles. The second-order valence-electron chi connectivity index (χ2n) is 9.95. The number of hydrogen-bond acceptors (Lipinski definition) is 3. The van der Waals surface area contributed by atoms with Gasteiger partial charge >= 0.3 is 0 Å². The predicted molar refractivity (Wildman–Crippen MR) is 126 cm³/mol. The van der Waals surface area contributed by atoms with E-state index < -0.39 is 13.7 Å². The Bertz CT molecular complexity index is 741. The summed E-state index contributed by atoms with van der Waals surface area (Å²) >= 11 is 0. The van der Waals surface area contributed by atoms with Gasteiger partial charge in [0.15, 0.2) is 8.32 Å². The van der Waals surface area contributed by atoms with E-state index in [1.165, 1.54) is 0 Å². The van der Waals surface area contributed by atoms with E-state index in [0.29, 0.717) is 6.54 Å². The fraction of sp³-hybridized carbons (Fsp3) is 0.667. The summed E-state index contributed by atoms with van der Waals surface area (Å²) in [5.41, 5.74) is 2.56. The van der Waals surface area contributed by atoms with Crippen LogP contribution in [0.15, 0.2) is 18.2 Å². The molecular weight excluding hydrogens is 392 g/mol. The van der Waals surface area contributed by atoms with E-state index in [4.69, 9.17) is 4.43 Å². The van der Waals surface area contributed by atoms with Gasteiger partial charge in [0.2, 0.25) is 11.8 Å². The van der Waals surface area contributed by atoms with E-state index in [2.05, 4.69) is 24.5 Å². The second kappa shape index (κ2) is 10.1. The van der Waals surface area contributed by atoms with E-state index in [-0.39, 0.29) is 17.9 Å². The maximum Gasteiger partial charge on any atom is 0.247 e. The van der Waals surface area contributed by atoms with Crippen LogP contribution in [0.5, 0.6) is 0 Å². The lowest BCUT2D eigenvalue weighted by atomic mass is 9.86. The minimum absolute atomic E-state index is 0.0773. The van der Waals surface area contributed by atoms with E-state index >= 15 is 0 Å². The monoisotopic (exact) mass is 432 g/mol. The van der Waals surface area contributed by atoms with Crippen molar-refractivity contribution >= 4 is 25.8 Å². The van der Waals surface area contributed by atoms with Crippen molar-refractivity contribution in [2.45, 2.75) is 85.5 Å². The standard InChI is InChI=1S/C24H40N2O3Si/c1-8-29-30(6,7)14-10-12-24(4,5)23(28)26-13-9-11-21(26)22(27)25-20-16-18(2)15-19(3)17-20/h15-17,21H,8-14H2,1-7H3,(H,25,27)/t21-/m1/s1. The molecule has 0 aliphatic carbocycles. The number of carbonyl (C=O) groups is 2. The van der Waals surface area contributed by atoms with Crippen molar-refractivity contribution < 1.29 is 14.0 Å². The van der Waals surface area contributed by atoms with Crippen molar-refractivity contribution in [1.29, 1.82) is 0 Å². The van der Waals surface area contributed by atoms with E-state index in [9.17, 15) is 9.59 Å². The highest BCUT2D eigenvalue weighted by Gasteiger charge is 2.40. The van der Waals surface area contributed by atoms with Crippen LogP contribution in [-0.4, -0.2) is 44.2 Å². The fourth-order valence-electron chi connectivity index (χ4n) is 4.47. The Balaban J connectivity index is 2.00. The highest BCUT2D eigenvalue weighted by atomic mass is 28.4. The minimum Gasteiger partial charge on any atom is -0.418 e. The SMILES string of the molecule is CCO[Si](C)(C)CCCC(C)(C)C(=O)N1CCC[C@@H]1C(=O)Nc1cc(C)cc(C)c1. The van der Waals surface area contributed by atoms with Gasteiger partial charge in [-0.1, -0.05) is 26.3 Å². The first-order valence-corrected chi connectivity index (χ1v) is 14.4. The second-order valence-corrected chi connectivity index (χ2v) is 14.3. The maximum absolute atomic E-state index is 13.3. The van der Waals surface area contributed by atoms with Crippen molar-refractivity contribution in [3.8, 4) is 0 Å². The zero-order valence-corrected chi connectivity index (χ0v) is 20.9. The Kier molecular flexibility index (Phi) is 8.28. The summed E-state index contributed by atoms with van der Waals surface area (Å²) in [5.74, 6) is 0.0167. The van der Waals surface area contributed by atoms with Crippen LogP contribution in [0.4, 0.5) is 5.69 Å². The van der Waals surface area contributed by atoms with Crippen molar-refractivity contribution in [2.75, 3.05) is 18.5 Å². The van der Waals surface area contributed by atoms with Crippen molar-refractivity contribution in [3.63, 3.8) is 0 Å². The first-order valence-electron chi connectivity index (χ1n) is 11.3. The van der Waals surface area contributed by atoms with Crippen molar-refractivity contribution in [1.82, 2.24) is 4.90 Å². The number of nitrogens with one attached hydrogen (secondary N) is 1. The zero-order valence-electron chi connectivity index (χ0n) is 19.9. The van der Waals surface area contributed by atoms with Crippen molar-refractivity contribution in [2.24, 2.45) is 5.41 Å². The Hall–Kier alpha value is -1.66. The maximum atomic E-state index is 13.3. The molecule has 1 aromatic rings. The topological polar surface area (TPSA) is 58.6 Å². The molecule has 168 valence electrons. The molecule has 0 radical (unpaired) electrons. The number of benzene rings is 1. The van der Waals surface area contributed by atoms with Gasteiger partial charge in [0.1, 0.15) is 6.04 Å². The smallest absolute Gasteiger partial charge is 0.247 e. The lowest BCUT2D eigenvalue weighted by molar-refractivity contribution is -0.144. The lowest BCUT2D eigenvalue weighted by Gasteiger charge is -2.33. The Morgan fingerprint density at radius 3 is 2.43 bits per heavy atom. The van der Waals surface area contributed by atoms with Gasteiger partial charge in [0.25, 0.3) is 0 Å². The van der Waals surface area contributed by atoms with Gasteiger partial charge in [-0.15, -0.1) is 0 Å². The summed E-state index contributed by atoms with van der Waals surface area (Å²) in [4.78, 5) is 28.1. The third-order valence-corrected chi connectivity index (χ3v) is 8.63. The van der Waals surface area contributed by atoms with Gasteiger partial charge in [0, 0.05) is 24.3 Å². The van der Waals surface area contributed by atoms with E-state index in [0.717, 1.165) is 55.1 Å². The van der Waals surface area contributed by atoms with Crippen LogP contribution in [-0.2, 0) is 14.0 Å². The molecule has 1 atom stereocenters. The Morgan fingerprint density at radius 1 is 1.20 bits per heavy atom. The van der Waals surface area contributed by atoms with Crippen LogP contribution in [0.3, 0.4) is 0 Å². The van der Waals surface area contributed by atoms with Crippen LogP contribution < -0.4 is 5.32 Å². The molecular formula is C24H40N2O3Si. The van der Waals surface area contributed by atoms with E-state index in [1.807, 2.05) is 51.7 Å². The largest absolute Gasteiger partial charge is 0.418 e. The molecule has 6 heteroatoms. The zero-order chi connectivity index (χ0) is 22.5. The molecule has 0 unspecified atom stereocenters. The molecule has 0 spiro atoms. The summed E-state index contributed by atoms with van der Waals surface area (Å²) in [6, 6.07) is 6.69. The number of anilines is 1. The lowest BCUT2D eigenvalue weighted by Crippen LogP contribution is -2.48. The van der Waals surface area contributed by atoms with E-state index in [1.54, 1.807) is 0 Å². The predicted octanol–water partition coefficient (Wildman–Crippen LogP) is 5.28. The molecule has 1 aromatic carbocycles. The number of carbonyl (C=O) groups excluding carboxylic acids is 2. The average molecular weight is 433 g/mol. The number of amides is 2. The molecule has 2 amide bonds. The number of likely N-dealkylation sites (tertiary alicyclic amines) is 1. The van der Waals surface area contributed by atoms with Crippen LogP contribution in [0.1, 0.15) is 57.6 Å². The average Bonchev–Trinajstić information content (AvgIpc) is 3.09. The van der Waals surface area contributed by atoms with Crippen LogP contribution in [0.2, 0.25) is 19.1 Å². The van der Waals surface area contributed by atoms with Crippen LogP contribution in [0, 0.1) is 19.3 Å². The van der Waals surface area contributed by atoms with Gasteiger partial charge in [-0.2, -0.15) is 0 Å². The highest BCUT2D eigenvalue weighted by molar-refractivity contribution is 6.71. The minimum atomic E-state index is -1.64. The first kappa shape index (κ1) is 24.6.